The predicted molar refractivity (Wildman–Crippen MR) is 76.7 cm³/mol. The Labute approximate surface area is 112 Å². The molecule has 1 saturated carbocycles. The van der Waals surface area contributed by atoms with E-state index in [1.807, 2.05) is 12.1 Å². The molecule has 1 aromatic rings. The Bertz CT molecular complexity index is 455. The molecule has 0 spiro atoms. The number of nitrogens with one attached hydrogen (secondary N) is 2. The summed E-state index contributed by atoms with van der Waals surface area (Å²) in [6, 6.07) is 7.38. The topological polar surface area (TPSA) is 67.1 Å². The van der Waals surface area contributed by atoms with Crippen LogP contribution in [0.15, 0.2) is 24.3 Å². The number of nitrogens with two attached hydrogens (primary N) is 1. The van der Waals surface area contributed by atoms with Gasteiger partial charge in [0.1, 0.15) is 4.99 Å². The summed E-state index contributed by atoms with van der Waals surface area (Å²) in [5, 5.41) is 5.76. The molecule has 1 fully saturated rings. The van der Waals surface area contributed by atoms with Crippen LogP contribution in [0.3, 0.4) is 0 Å². The lowest BCUT2D eigenvalue weighted by Crippen LogP contribution is -2.36. The maximum atomic E-state index is 11.8. The highest BCUT2D eigenvalue weighted by atomic mass is 32.1. The summed E-state index contributed by atoms with van der Waals surface area (Å²) in [7, 11) is 0. The van der Waals surface area contributed by atoms with Gasteiger partial charge < -0.3 is 16.4 Å². The maximum absolute atomic E-state index is 11.8. The minimum atomic E-state index is -0.189. The van der Waals surface area contributed by atoms with Crippen molar-refractivity contribution in [3.63, 3.8) is 0 Å². The zero-order chi connectivity index (χ0) is 13.0. The molecule has 0 heterocycles. The fourth-order valence-electron chi connectivity index (χ4n) is 2.22. The molecule has 0 saturated heterocycles. The van der Waals surface area contributed by atoms with Crippen molar-refractivity contribution in [2.45, 2.75) is 31.7 Å². The molecule has 4 nitrogen and oxygen atoms in total. The van der Waals surface area contributed by atoms with Crippen LogP contribution in [0.25, 0.3) is 0 Å². The molecule has 0 radical (unpaired) electrons. The van der Waals surface area contributed by atoms with Gasteiger partial charge in [0.05, 0.1) is 5.69 Å². The molecule has 1 aliphatic carbocycles. The first-order valence-electron chi connectivity index (χ1n) is 6.13. The summed E-state index contributed by atoms with van der Waals surface area (Å²) in [6.07, 6.45) is 4.50. The largest absolute Gasteiger partial charge is 0.389 e. The summed E-state index contributed by atoms with van der Waals surface area (Å²) >= 11 is 4.95. The third-order valence-electron chi connectivity index (χ3n) is 3.13. The Morgan fingerprint density at radius 2 is 1.94 bits per heavy atom. The van der Waals surface area contributed by atoms with Gasteiger partial charge in [0, 0.05) is 11.6 Å². The highest BCUT2D eigenvalue weighted by Crippen LogP contribution is 2.18. The van der Waals surface area contributed by atoms with Crippen LogP contribution in [0.5, 0.6) is 0 Å². The minimum Gasteiger partial charge on any atom is -0.389 e. The molecule has 1 aliphatic rings. The SMILES string of the molecule is NC(=S)c1ccccc1NC(=O)NC1CCCC1. The maximum Gasteiger partial charge on any atom is 0.319 e. The quantitative estimate of drug-likeness (QED) is 0.733. The number of hydrogen-bond acceptors (Lipinski definition) is 2. The molecule has 5 heteroatoms. The first-order chi connectivity index (χ1) is 8.66. The second-order valence-electron chi connectivity index (χ2n) is 4.49. The van der Waals surface area contributed by atoms with E-state index in [1.54, 1.807) is 12.1 Å². The Morgan fingerprint density at radius 3 is 2.61 bits per heavy atom. The second kappa shape index (κ2) is 5.82. The second-order valence-corrected chi connectivity index (χ2v) is 4.93. The molecular formula is C13H17N3OS. The standard InChI is InChI=1S/C13H17N3OS/c14-12(18)10-7-3-4-8-11(10)16-13(17)15-9-5-1-2-6-9/h3-4,7-9H,1-2,5-6H2,(H2,14,18)(H2,15,16,17). The minimum absolute atomic E-state index is 0.189. The van der Waals surface area contributed by atoms with Gasteiger partial charge in [-0.1, -0.05) is 37.2 Å². The van der Waals surface area contributed by atoms with Gasteiger partial charge in [0.25, 0.3) is 0 Å². The number of hydrogen-bond donors (Lipinski definition) is 3. The van der Waals surface area contributed by atoms with Gasteiger partial charge in [-0.3, -0.25) is 0 Å². The van der Waals surface area contributed by atoms with E-state index in [1.165, 1.54) is 12.8 Å². The summed E-state index contributed by atoms with van der Waals surface area (Å²) in [5.41, 5.74) is 6.96. The van der Waals surface area contributed by atoms with E-state index in [9.17, 15) is 4.79 Å². The lowest BCUT2D eigenvalue weighted by Gasteiger charge is -2.14. The van der Waals surface area contributed by atoms with Crippen molar-refractivity contribution < 1.29 is 4.79 Å². The Morgan fingerprint density at radius 1 is 1.28 bits per heavy atom. The van der Waals surface area contributed by atoms with E-state index in [0.717, 1.165) is 12.8 Å². The van der Waals surface area contributed by atoms with Gasteiger partial charge in [0.2, 0.25) is 0 Å². The molecule has 96 valence electrons. The van der Waals surface area contributed by atoms with Crippen molar-refractivity contribution in [3.8, 4) is 0 Å². The Kier molecular flexibility index (Phi) is 4.15. The van der Waals surface area contributed by atoms with Crippen molar-refractivity contribution in [3.05, 3.63) is 29.8 Å². The van der Waals surface area contributed by atoms with Gasteiger partial charge in [-0.2, -0.15) is 0 Å². The third kappa shape index (κ3) is 3.20. The van der Waals surface area contributed by atoms with E-state index in [4.69, 9.17) is 18.0 Å². The molecule has 18 heavy (non-hydrogen) atoms. The highest BCUT2D eigenvalue weighted by Gasteiger charge is 2.17. The van der Waals surface area contributed by atoms with E-state index < -0.39 is 0 Å². The van der Waals surface area contributed by atoms with Crippen LogP contribution in [0, 0.1) is 0 Å². The van der Waals surface area contributed by atoms with E-state index in [0.29, 0.717) is 17.3 Å². The smallest absolute Gasteiger partial charge is 0.319 e. The number of benzene rings is 1. The first kappa shape index (κ1) is 12.8. The van der Waals surface area contributed by atoms with Crippen LogP contribution in [0.2, 0.25) is 0 Å². The molecule has 0 unspecified atom stereocenters. The summed E-state index contributed by atoms with van der Waals surface area (Å²) in [4.78, 5) is 12.1. The van der Waals surface area contributed by atoms with Crippen LogP contribution < -0.4 is 16.4 Å². The number of thiocarbonyl (C=S) groups is 1. The van der Waals surface area contributed by atoms with Crippen molar-refractivity contribution in [1.29, 1.82) is 0 Å². The van der Waals surface area contributed by atoms with Crippen LogP contribution in [0.4, 0.5) is 10.5 Å². The van der Waals surface area contributed by atoms with Crippen molar-refractivity contribution in [2.75, 3.05) is 5.32 Å². The molecule has 2 rings (SSSR count). The number of para-hydroxylation sites is 1. The molecule has 1 aromatic carbocycles. The van der Waals surface area contributed by atoms with Gasteiger partial charge in [-0.25, -0.2) is 4.79 Å². The molecule has 0 bridgehead atoms. The van der Waals surface area contributed by atoms with E-state index >= 15 is 0 Å². The van der Waals surface area contributed by atoms with E-state index in [2.05, 4.69) is 10.6 Å². The number of rotatable bonds is 3. The van der Waals surface area contributed by atoms with Gasteiger partial charge in [0.15, 0.2) is 0 Å². The number of amides is 2. The summed E-state index contributed by atoms with van der Waals surface area (Å²) < 4.78 is 0. The van der Waals surface area contributed by atoms with Crippen LogP contribution >= 0.6 is 12.2 Å². The normalized spacial score (nSPS) is 15.3. The molecule has 0 aromatic heterocycles. The molecule has 2 amide bonds. The summed E-state index contributed by atoms with van der Waals surface area (Å²) in [5.74, 6) is 0. The van der Waals surface area contributed by atoms with Crippen LogP contribution in [-0.4, -0.2) is 17.1 Å². The average molecular weight is 263 g/mol. The zero-order valence-corrected chi connectivity index (χ0v) is 10.9. The monoisotopic (exact) mass is 263 g/mol. The Hall–Kier alpha value is -1.62. The van der Waals surface area contributed by atoms with Gasteiger partial charge in [-0.15, -0.1) is 0 Å². The Balaban J connectivity index is 2.00. The highest BCUT2D eigenvalue weighted by molar-refractivity contribution is 7.80. The predicted octanol–water partition coefficient (Wildman–Crippen LogP) is 2.38. The van der Waals surface area contributed by atoms with Crippen molar-refractivity contribution >= 4 is 28.9 Å². The zero-order valence-electron chi connectivity index (χ0n) is 10.1. The lowest BCUT2D eigenvalue weighted by atomic mass is 10.2. The van der Waals surface area contributed by atoms with Crippen LogP contribution in [-0.2, 0) is 0 Å². The molecule has 0 atom stereocenters. The third-order valence-corrected chi connectivity index (χ3v) is 3.35. The summed E-state index contributed by atoms with van der Waals surface area (Å²) in [6.45, 7) is 0. The number of anilines is 1. The first-order valence-corrected chi connectivity index (χ1v) is 6.54. The number of urea groups is 1. The van der Waals surface area contributed by atoms with Gasteiger partial charge >= 0.3 is 6.03 Å². The number of carbonyl (C=O) groups excluding carboxylic acids is 1. The fourth-order valence-corrected chi connectivity index (χ4v) is 2.40. The fraction of sp³-hybridized carbons (Fsp3) is 0.385. The van der Waals surface area contributed by atoms with E-state index in [-0.39, 0.29) is 11.0 Å². The van der Waals surface area contributed by atoms with Crippen molar-refractivity contribution in [2.24, 2.45) is 5.73 Å². The van der Waals surface area contributed by atoms with Gasteiger partial charge in [-0.05, 0) is 25.0 Å². The molecular weight excluding hydrogens is 246 g/mol. The molecule has 0 aliphatic heterocycles. The van der Waals surface area contributed by atoms with Crippen molar-refractivity contribution in [1.82, 2.24) is 5.32 Å². The molecule has 4 N–H and O–H groups in total. The average Bonchev–Trinajstić information content (AvgIpc) is 2.82. The lowest BCUT2D eigenvalue weighted by molar-refractivity contribution is 0.248. The van der Waals surface area contributed by atoms with Crippen LogP contribution in [0.1, 0.15) is 31.2 Å². The number of carbonyl (C=O) groups is 1.